The molecule has 1 aromatic rings. The predicted molar refractivity (Wildman–Crippen MR) is 70.5 cm³/mol. The van der Waals surface area contributed by atoms with Crippen LogP contribution in [0.15, 0.2) is 0 Å². The third-order valence-corrected chi connectivity index (χ3v) is 3.00. The van der Waals surface area contributed by atoms with Crippen LogP contribution in [0, 0.1) is 0 Å². The number of H-pyrrole nitrogens is 1. The molecule has 0 saturated carbocycles. The molecule has 0 aromatic carbocycles. The molecule has 0 amide bonds. The topological polar surface area (TPSA) is 67.0 Å². The quantitative estimate of drug-likeness (QED) is 0.746. The first-order valence-electron chi connectivity index (χ1n) is 6.13. The highest BCUT2D eigenvalue weighted by molar-refractivity contribution is 6.30. The summed E-state index contributed by atoms with van der Waals surface area (Å²) < 4.78 is 4.63. The van der Waals surface area contributed by atoms with Gasteiger partial charge in [0, 0.05) is 13.0 Å². The highest BCUT2D eigenvalue weighted by Crippen LogP contribution is 2.14. The van der Waals surface area contributed by atoms with Crippen molar-refractivity contribution < 1.29 is 9.53 Å². The molecule has 0 saturated heterocycles. The third kappa shape index (κ3) is 4.31. The van der Waals surface area contributed by atoms with E-state index in [9.17, 15) is 4.79 Å². The van der Waals surface area contributed by atoms with Crippen LogP contribution in [0.1, 0.15) is 38.2 Å². The molecule has 18 heavy (non-hydrogen) atoms. The van der Waals surface area contributed by atoms with E-state index in [1.807, 2.05) is 0 Å². The van der Waals surface area contributed by atoms with Crippen LogP contribution in [-0.4, -0.2) is 29.1 Å². The Morgan fingerprint density at radius 3 is 2.94 bits per heavy atom. The van der Waals surface area contributed by atoms with Gasteiger partial charge in [-0.1, -0.05) is 24.9 Å². The lowest BCUT2D eigenvalue weighted by Crippen LogP contribution is -2.34. The number of rotatable bonds is 7. The molecule has 1 aromatic heterocycles. The fourth-order valence-electron chi connectivity index (χ4n) is 1.53. The van der Waals surface area contributed by atoms with Gasteiger partial charge in [-0.25, -0.2) is 4.98 Å². The van der Waals surface area contributed by atoms with Crippen molar-refractivity contribution in [2.45, 2.75) is 45.7 Å². The van der Waals surface area contributed by atoms with Gasteiger partial charge in [0.15, 0.2) is 5.15 Å². The van der Waals surface area contributed by atoms with Crippen LogP contribution >= 0.6 is 11.6 Å². The molecule has 5 nitrogen and oxygen atoms in total. The zero-order valence-electron chi connectivity index (χ0n) is 11.0. The number of imidazole rings is 1. The van der Waals surface area contributed by atoms with Gasteiger partial charge < -0.3 is 9.72 Å². The van der Waals surface area contributed by atoms with Crippen molar-refractivity contribution in [3.63, 3.8) is 0 Å². The molecule has 0 radical (unpaired) electrons. The molecule has 102 valence electrons. The van der Waals surface area contributed by atoms with E-state index < -0.39 is 0 Å². The van der Waals surface area contributed by atoms with Gasteiger partial charge in [0.05, 0.1) is 12.8 Å². The first-order chi connectivity index (χ1) is 8.58. The standard InChI is InChI=1S/C12H20ClN3O2/c1-4-5-6-10-15-9(11(13)16-10)7-14-8(2)12(17)18-3/h8,14H,4-7H2,1-3H3,(H,15,16)/t8-/m1/s1. The number of hydrogen-bond donors (Lipinski definition) is 2. The van der Waals surface area contributed by atoms with Gasteiger partial charge in [0.2, 0.25) is 0 Å². The van der Waals surface area contributed by atoms with Crippen LogP contribution < -0.4 is 5.32 Å². The van der Waals surface area contributed by atoms with E-state index in [4.69, 9.17) is 11.6 Å². The van der Waals surface area contributed by atoms with E-state index in [2.05, 4.69) is 26.9 Å². The van der Waals surface area contributed by atoms with Crippen LogP contribution in [0.3, 0.4) is 0 Å². The van der Waals surface area contributed by atoms with Crippen LogP contribution in [0.5, 0.6) is 0 Å². The molecule has 0 aliphatic rings. The number of methoxy groups -OCH3 is 1. The Hall–Kier alpha value is -1.07. The molecule has 0 aliphatic heterocycles. The average molecular weight is 274 g/mol. The lowest BCUT2D eigenvalue weighted by Gasteiger charge is -2.10. The minimum Gasteiger partial charge on any atom is -0.468 e. The van der Waals surface area contributed by atoms with Crippen molar-refractivity contribution in [3.8, 4) is 0 Å². The Balaban J connectivity index is 2.51. The van der Waals surface area contributed by atoms with Gasteiger partial charge in [-0.3, -0.25) is 10.1 Å². The number of hydrogen-bond acceptors (Lipinski definition) is 4. The SMILES string of the molecule is CCCCc1nc(Cl)c(CN[C@H](C)C(=O)OC)[nH]1. The molecular weight excluding hydrogens is 254 g/mol. The molecule has 1 heterocycles. The number of carbonyl (C=O) groups excluding carboxylic acids is 1. The molecule has 0 unspecified atom stereocenters. The average Bonchev–Trinajstić information content (AvgIpc) is 2.73. The number of aromatic nitrogens is 2. The largest absolute Gasteiger partial charge is 0.468 e. The smallest absolute Gasteiger partial charge is 0.322 e. The summed E-state index contributed by atoms with van der Waals surface area (Å²) in [6.07, 6.45) is 3.09. The summed E-state index contributed by atoms with van der Waals surface area (Å²) in [6, 6.07) is -0.367. The lowest BCUT2D eigenvalue weighted by molar-refractivity contribution is -0.142. The molecule has 1 atom stereocenters. The van der Waals surface area contributed by atoms with Crippen molar-refractivity contribution in [1.29, 1.82) is 0 Å². The van der Waals surface area contributed by atoms with Crippen molar-refractivity contribution in [2.75, 3.05) is 7.11 Å². The number of esters is 1. The molecule has 0 bridgehead atoms. The number of aromatic amines is 1. The Labute approximate surface area is 112 Å². The Morgan fingerprint density at radius 1 is 1.61 bits per heavy atom. The van der Waals surface area contributed by atoms with Gasteiger partial charge in [-0.15, -0.1) is 0 Å². The Kier molecular flexibility index (Phi) is 6.15. The third-order valence-electron chi connectivity index (χ3n) is 2.68. The van der Waals surface area contributed by atoms with Crippen molar-refractivity contribution in [3.05, 3.63) is 16.7 Å². The summed E-state index contributed by atoms with van der Waals surface area (Å²) in [5.74, 6) is 0.598. The highest BCUT2D eigenvalue weighted by Gasteiger charge is 2.14. The first-order valence-corrected chi connectivity index (χ1v) is 6.50. The van der Waals surface area contributed by atoms with Gasteiger partial charge >= 0.3 is 5.97 Å². The zero-order chi connectivity index (χ0) is 13.5. The van der Waals surface area contributed by atoms with E-state index in [1.54, 1.807) is 6.92 Å². The van der Waals surface area contributed by atoms with Gasteiger partial charge in [0.25, 0.3) is 0 Å². The van der Waals surface area contributed by atoms with Gasteiger partial charge in [0.1, 0.15) is 11.9 Å². The van der Waals surface area contributed by atoms with E-state index in [1.165, 1.54) is 7.11 Å². The summed E-state index contributed by atoms with van der Waals surface area (Å²) in [7, 11) is 1.37. The number of unbranched alkanes of at least 4 members (excludes halogenated alkanes) is 1. The maximum Gasteiger partial charge on any atom is 0.322 e. The van der Waals surface area contributed by atoms with Gasteiger partial charge in [-0.2, -0.15) is 0 Å². The van der Waals surface area contributed by atoms with Crippen molar-refractivity contribution in [1.82, 2.24) is 15.3 Å². The number of ether oxygens (including phenoxy) is 1. The van der Waals surface area contributed by atoms with E-state index in [0.29, 0.717) is 11.7 Å². The second-order valence-electron chi connectivity index (χ2n) is 4.18. The molecule has 1 rings (SSSR count). The van der Waals surface area contributed by atoms with Crippen LogP contribution in [0.25, 0.3) is 0 Å². The van der Waals surface area contributed by atoms with Gasteiger partial charge in [-0.05, 0) is 13.3 Å². The number of halogens is 1. The minimum absolute atomic E-state index is 0.295. The maximum absolute atomic E-state index is 11.2. The Bertz CT molecular complexity index is 393. The molecule has 6 heteroatoms. The summed E-state index contributed by atoms with van der Waals surface area (Å²) >= 11 is 6.02. The van der Waals surface area contributed by atoms with Crippen LogP contribution in [0.2, 0.25) is 5.15 Å². The monoisotopic (exact) mass is 273 g/mol. The molecule has 0 fully saturated rings. The highest BCUT2D eigenvalue weighted by atomic mass is 35.5. The van der Waals surface area contributed by atoms with E-state index >= 15 is 0 Å². The second kappa shape index (κ2) is 7.38. The number of nitrogens with zero attached hydrogens (tertiary/aromatic N) is 1. The molecule has 2 N–H and O–H groups in total. The first kappa shape index (κ1) is 15.0. The molecule has 0 spiro atoms. The number of nitrogens with one attached hydrogen (secondary N) is 2. The second-order valence-corrected chi connectivity index (χ2v) is 4.54. The number of carbonyl (C=O) groups is 1. The maximum atomic E-state index is 11.2. The van der Waals surface area contributed by atoms with Crippen LogP contribution in [0.4, 0.5) is 0 Å². The van der Waals surface area contributed by atoms with Crippen LogP contribution in [-0.2, 0) is 22.5 Å². The van der Waals surface area contributed by atoms with E-state index in [-0.39, 0.29) is 12.0 Å². The summed E-state index contributed by atoms with van der Waals surface area (Å²) in [5, 5.41) is 3.49. The predicted octanol–water partition coefficient (Wildman–Crippen LogP) is 2.06. The zero-order valence-corrected chi connectivity index (χ0v) is 11.8. The van der Waals surface area contributed by atoms with E-state index in [0.717, 1.165) is 30.8 Å². The fourth-order valence-corrected chi connectivity index (χ4v) is 1.75. The summed E-state index contributed by atoms with van der Waals surface area (Å²) in [6.45, 7) is 4.34. The van der Waals surface area contributed by atoms with Crippen molar-refractivity contribution >= 4 is 17.6 Å². The Morgan fingerprint density at radius 2 is 2.33 bits per heavy atom. The molecule has 0 aliphatic carbocycles. The molecular formula is C12H20ClN3O2. The minimum atomic E-state index is -0.367. The normalized spacial score (nSPS) is 12.4. The van der Waals surface area contributed by atoms with Crippen molar-refractivity contribution in [2.24, 2.45) is 0 Å². The summed E-state index contributed by atoms with van der Waals surface area (Å²) in [5.41, 5.74) is 0.804. The number of aryl methyl sites for hydroxylation is 1. The summed E-state index contributed by atoms with van der Waals surface area (Å²) in [4.78, 5) is 18.6. The lowest BCUT2D eigenvalue weighted by atomic mass is 10.2. The fraction of sp³-hybridized carbons (Fsp3) is 0.667.